The van der Waals surface area contributed by atoms with Gasteiger partial charge in [-0.1, -0.05) is 17.7 Å². The van der Waals surface area contributed by atoms with Crippen LogP contribution in [0.3, 0.4) is 0 Å². The summed E-state index contributed by atoms with van der Waals surface area (Å²) < 4.78 is 0. The van der Waals surface area contributed by atoms with Gasteiger partial charge in [0.15, 0.2) is 0 Å². The number of nitrogens with zero attached hydrogens (tertiary/aromatic N) is 1. The van der Waals surface area contributed by atoms with E-state index in [9.17, 15) is 0 Å². The van der Waals surface area contributed by atoms with Gasteiger partial charge in [0.2, 0.25) is 0 Å². The van der Waals surface area contributed by atoms with Gasteiger partial charge >= 0.3 is 0 Å². The third-order valence-corrected chi connectivity index (χ3v) is 5.37. The average Bonchev–Trinajstić information content (AvgIpc) is 2.88. The molecule has 4 heteroatoms. The molecule has 0 amide bonds. The standard InChI is InChI=1S/C17H26ClN3/c1-12-2-5-16(11-17(12)18)21-8-6-14(7-9-21)20-15-4-3-13(19)10-15/h2,5,11,13-15,20H,3-4,6-10,19H2,1H3/t13-,15-/m1/s1. The number of rotatable bonds is 3. The summed E-state index contributed by atoms with van der Waals surface area (Å²) in [6, 6.07) is 8.10. The van der Waals surface area contributed by atoms with Crippen LogP contribution >= 0.6 is 11.6 Å². The van der Waals surface area contributed by atoms with E-state index in [4.69, 9.17) is 17.3 Å². The van der Waals surface area contributed by atoms with Gasteiger partial charge in [-0.05, 0) is 56.7 Å². The maximum atomic E-state index is 6.24. The third-order valence-electron chi connectivity index (χ3n) is 4.96. The molecule has 2 fully saturated rings. The fraction of sp³-hybridized carbons (Fsp3) is 0.647. The molecular formula is C17H26ClN3. The smallest absolute Gasteiger partial charge is 0.0455 e. The molecule has 116 valence electrons. The van der Waals surface area contributed by atoms with Gasteiger partial charge in [-0.3, -0.25) is 0 Å². The number of hydrogen-bond acceptors (Lipinski definition) is 3. The molecule has 2 atom stereocenters. The molecule has 1 aliphatic carbocycles. The first-order valence-corrected chi connectivity index (χ1v) is 8.52. The molecule has 0 unspecified atom stereocenters. The summed E-state index contributed by atoms with van der Waals surface area (Å²) in [5.74, 6) is 0. The number of piperidine rings is 1. The quantitative estimate of drug-likeness (QED) is 0.901. The Bertz CT molecular complexity index is 483. The molecular weight excluding hydrogens is 282 g/mol. The van der Waals surface area contributed by atoms with E-state index >= 15 is 0 Å². The molecule has 1 heterocycles. The largest absolute Gasteiger partial charge is 0.371 e. The first-order valence-electron chi connectivity index (χ1n) is 8.14. The lowest BCUT2D eigenvalue weighted by atomic mass is 10.0. The Morgan fingerprint density at radius 1 is 1.14 bits per heavy atom. The van der Waals surface area contributed by atoms with Crippen LogP contribution in [-0.2, 0) is 0 Å². The second-order valence-electron chi connectivity index (χ2n) is 6.63. The highest BCUT2D eigenvalue weighted by Crippen LogP contribution is 2.26. The summed E-state index contributed by atoms with van der Waals surface area (Å²) in [6.45, 7) is 4.26. The van der Waals surface area contributed by atoms with Crippen molar-refractivity contribution in [2.45, 2.75) is 57.2 Å². The molecule has 1 saturated carbocycles. The van der Waals surface area contributed by atoms with Gasteiger partial charge in [-0.25, -0.2) is 0 Å². The highest BCUT2D eigenvalue weighted by molar-refractivity contribution is 6.31. The molecule has 0 aromatic heterocycles. The van der Waals surface area contributed by atoms with Crippen LogP contribution in [0.2, 0.25) is 5.02 Å². The Hall–Kier alpha value is -0.770. The monoisotopic (exact) mass is 307 g/mol. The van der Waals surface area contributed by atoms with Crippen LogP contribution in [0.1, 0.15) is 37.7 Å². The van der Waals surface area contributed by atoms with E-state index in [0.717, 1.165) is 30.1 Å². The fourth-order valence-corrected chi connectivity index (χ4v) is 3.76. The van der Waals surface area contributed by atoms with Crippen LogP contribution in [-0.4, -0.2) is 31.2 Å². The molecule has 3 N–H and O–H groups in total. The van der Waals surface area contributed by atoms with E-state index in [2.05, 4.69) is 35.3 Å². The Kier molecular flexibility index (Phi) is 4.72. The van der Waals surface area contributed by atoms with Gasteiger partial charge in [0.05, 0.1) is 0 Å². The lowest BCUT2D eigenvalue weighted by Gasteiger charge is -2.35. The Labute approximate surface area is 132 Å². The van der Waals surface area contributed by atoms with Gasteiger partial charge in [-0.2, -0.15) is 0 Å². The van der Waals surface area contributed by atoms with Crippen molar-refractivity contribution in [3.8, 4) is 0 Å². The van der Waals surface area contributed by atoms with Crippen LogP contribution in [0.5, 0.6) is 0 Å². The van der Waals surface area contributed by atoms with Crippen LogP contribution < -0.4 is 16.0 Å². The highest BCUT2D eigenvalue weighted by atomic mass is 35.5. The van der Waals surface area contributed by atoms with Crippen molar-refractivity contribution in [1.82, 2.24) is 5.32 Å². The molecule has 3 nitrogen and oxygen atoms in total. The summed E-state index contributed by atoms with van der Waals surface area (Å²) in [4.78, 5) is 2.45. The van der Waals surface area contributed by atoms with E-state index in [1.165, 1.54) is 31.4 Å². The predicted octanol–water partition coefficient (Wildman–Crippen LogP) is 3.09. The summed E-state index contributed by atoms with van der Waals surface area (Å²) in [7, 11) is 0. The van der Waals surface area contributed by atoms with Crippen molar-refractivity contribution in [3.63, 3.8) is 0 Å². The maximum absolute atomic E-state index is 6.24. The number of halogens is 1. The molecule has 21 heavy (non-hydrogen) atoms. The predicted molar refractivity (Wildman–Crippen MR) is 90.2 cm³/mol. The lowest BCUT2D eigenvalue weighted by Crippen LogP contribution is -2.46. The SMILES string of the molecule is Cc1ccc(N2CCC(N[C@@H]3CC[C@@H](N)C3)CC2)cc1Cl. The number of anilines is 1. The van der Waals surface area contributed by atoms with E-state index in [1.807, 2.05) is 0 Å². The minimum atomic E-state index is 0.414. The first-order chi connectivity index (χ1) is 10.1. The number of benzene rings is 1. The van der Waals surface area contributed by atoms with Crippen molar-refractivity contribution in [2.75, 3.05) is 18.0 Å². The summed E-state index contributed by atoms with van der Waals surface area (Å²) in [5.41, 5.74) is 8.40. The zero-order valence-corrected chi connectivity index (χ0v) is 13.6. The molecule has 1 saturated heterocycles. The van der Waals surface area contributed by atoms with E-state index in [-0.39, 0.29) is 0 Å². The average molecular weight is 308 g/mol. The van der Waals surface area contributed by atoms with Crippen molar-refractivity contribution in [3.05, 3.63) is 28.8 Å². The van der Waals surface area contributed by atoms with Gasteiger partial charge in [0.1, 0.15) is 0 Å². The van der Waals surface area contributed by atoms with Crippen LogP contribution in [0.15, 0.2) is 18.2 Å². The number of nitrogens with two attached hydrogens (primary N) is 1. The summed E-state index contributed by atoms with van der Waals surface area (Å²) in [6.07, 6.45) is 5.98. The Balaban J connectivity index is 1.51. The molecule has 0 bridgehead atoms. The van der Waals surface area contributed by atoms with E-state index < -0.39 is 0 Å². The lowest BCUT2D eigenvalue weighted by molar-refractivity contribution is 0.366. The maximum Gasteiger partial charge on any atom is 0.0455 e. The topological polar surface area (TPSA) is 41.3 Å². The van der Waals surface area contributed by atoms with Crippen LogP contribution in [0.25, 0.3) is 0 Å². The number of aryl methyl sites for hydroxylation is 1. The van der Waals surface area contributed by atoms with Crippen LogP contribution in [0, 0.1) is 6.92 Å². The van der Waals surface area contributed by atoms with Crippen molar-refractivity contribution in [1.29, 1.82) is 0 Å². The highest BCUT2D eigenvalue weighted by Gasteiger charge is 2.26. The minimum absolute atomic E-state index is 0.414. The normalized spacial score (nSPS) is 27.3. The fourth-order valence-electron chi connectivity index (χ4n) is 3.58. The molecule has 3 rings (SSSR count). The van der Waals surface area contributed by atoms with E-state index in [0.29, 0.717) is 18.1 Å². The zero-order valence-electron chi connectivity index (χ0n) is 12.8. The van der Waals surface area contributed by atoms with Gasteiger partial charge in [0.25, 0.3) is 0 Å². The molecule has 0 radical (unpaired) electrons. The van der Waals surface area contributed by atoms with Crippen LogP contribution in [0.4, 0.5) is 5.69 Å². The molecule has 1 aromatic carbocycles. The molecule has 1 aromatic rings. The molecule has 0 spiro atoms. The van der Waals surface area contributed by atoms with Gasteiger partial charge in [0, 0.05) is 41.9 Å². The zero-order chi connectivity index (χ0) is 14.8. The summed E-state index contributed by atoms with van der Waals surface area (Å²) >= 11 is 6.24. The van der Waals surface area contributed by atoms with E-state index in [1.54, 1.807) is 0 Å². The van der Waals surface area contributed by atoms with Crippen molar-refractivity contribution < 1.29 is 0 Å². The Morgan fingerprint density at radius 3 is 2.52 bits per heavy atom. The third kappa shape index (κ3) is 3.71. The van der Waals surface area contributed by atoms with Crippen molar-refractivity contribution >= 4 is 17.3 Å². The van der Waals surface area contributed by atoms with Gasteiger partial charge < -0.3 is 16.0 Å². The minimum Gasteiger partial charge on any atom is -0.371 e. The number of hydrogen-bond donors (Lipinski definition) is 2. The molecule has 1 aliphatic heterocycles. The summed E-state index contributed by atoms with van der Waals surface area (Å²) in [5, 5.41) is 4.68. The molecule has 2 aliphatic rings. The Morgan fingerprint density at radius 2 is 1.90 bits per heavy atom. The van der Waals surface area contributed by atoms with Crippen molar-refractivity contribution in [2.24, 2.45) is 5.73 Å². The second-order valence-corrected chi connectivity index (χ2v) is 7.04. The second kappa shape index (κ2) is 6.55. The van der Waals surface area contributed by atoms with Gasteiger partial charge in [-0.15, -0.1) is 0 Å². The first kappa shape index (κ1) is 15.1. The number of nitrogens with one attached hydrogen (secondary N) is 1.